The predicted octanol–water partition coefficient (Wildman–Crippen LogP) is 3.08. The van der Waals surface area contributed by atoms with Gasteiger partial charge in [0.25, 0.3) is 0 Å². The molecule has 1 aromatic rings. The van der Waals surface area contributed by atoms with Crippen molar-refractivity contribution in [3.63, 3.8) is 0 Å². The predicted molar refractivity (Wildman–Crippen MR) is 69.4 cm³/mol. The number of hydrogen-bond donors (Lipinski definition) is 2. The van der Waals surface area contributed by atoms with Crippen molar-refractivity contribution in [3.8, 4) is 0 Å². The lowest BCUT2D eigenvalue weighted by Crippen LogP contribution is -2.26. The molecule has 0 bridgehead atoms. The second kappa shape index (κ2) is 5.40. The fourth-order valence-electron chi connectivity index (χ4n) is 1.23. The Bertz CT molecular complexity index is 421. The highest BCUT2D eigenvalue weighted by Gasteiger charge is 2.17. The topological polar surface area (TPSA) is 49.3 Å². The first kappa shape index (κ1) is 13.8. The van der Waals surface area contributed by atoms with E-state index < -0.39 is 11.8 Å². The van der Waals surface area contributed by atoms with E-state index in [9.17, 15) is 9.18 Å². The third-order valence-electron chi connectivity index (χ3n) is 2.47. The van der Waals surface area contributed by atoms with Gasteiger partial charge in [-0.3, -0.25) is 0 Å². The van der Waals surface area contributed by atoms with Crippen molar-refractivity contribution in [2.45, 2.75) is 18.6 Å². The van der Waals surface area contributed by atoms with Crippen LogP contribution in [0.15, 0.2) is 18.2 Å². The molecule has 2 N–H and O–H groups in total. The van der Waals surface area contributed by atoms with Crippen molar-refractivity contribution in [2.75, 3.05) is 18.1 Å². The van der Waals surface area contributed by atoms with Crippen LogP contribution < -0.4 is 5.32 Å². The highest BCUT2D eigenvalue weighted by Crippen LogP contribution is 2.23. The molecule has 3 nitrogen and oxygen atoms in total. The maximum atomic E-state index is 13.0. The standard InChI is InChI=1S/C12H16FNO2S/c1-12(2,17-3)7-14-10-5-4-8(13)6-9(10)11(15)16/h4-6,14H,7H2,1-3H3,(H,15,16). The number of aromatic carboxylic acids is 1. The number of carboxylic acid groups (broad SMARTS) is 1. The van der Waals surface area contributed by atoms with Gasteiger partial charge in [-0.1, -0.05) is 0 Å². The molecule has 0 heterocycles. The molecule has 0 aliphatic rings. The Labute approximate surface area is 104 Å². The third-order valence-corrected chi connectivity index (χ3v) is 3.72. The molecule has 0 radical (unpaired) electrons. The SMILES string of the molecule is CSC(C)(C)CNc1ccc(F)cc1C(=O)O. The van der Waals surface area contributed by atoms with E-state index in [1.165, 1.54) is 12.1 Å². The highest BCUT2D eigenvalue weighted by atomic mass is 32.2. The molecule has 1 rings (SSSR count). The van der Waals surface area contributed by atoms with Gasteiger partial charge in [0, 0.05) is 17.0 Å². The van der Waals surface area contributed by atoms with E-state index >= 15 is 0 Å². The average molecular weight is 257 g/mol. The van der Waals surface area contributed by atoms with E-state index in [1.54, 1.807) is 11.8 Å². The number of thioether (sulfide) groups is 1. The zero-order valence-electron chi connectivity index (χ0n) is 10.1. The van der Waals surface area contributed by atoms with Crippen molar-refractivity contribution < 1.29 is 14.3 Å². The molecule has 0 fully saturated rings. The number of anilines is 1. The molecule has 0 unspecified atom stereocenters. The van der Waals surface area contributed by atoms with Crippen LogP contribution in [0, 0.1) is 5.82 Å². The van der Waals surface area contributed by atoms with Crippen molar-refractivity contribution in [1.82, 2.24) is 0 Å². The van der Waals surface area contributed by atoms with Crippen LogP contribution in [0.1, 0.15) is 24.2 Å². The zero-order chi connectivity index (χ0) is 13.1. The van der Waals surface area contributed by atoms with Crippen LogP contribution in [-0.2, 0) is 0 Å². The Kier molecular flexibility index (Phi) is 4.40. The average Bonchev–Trinajstić information content (AvgIpc) is 2.27. The second-order valence-electron chi connectivity index (χ2n) is 4.31. The molecule has 0 aromatic heterocycles. The van der Waals surface area contributed by atoms with Crippen LogP contribution in [-0.4, -0.2) is 28.6 Å². The molecule has 94 valence electrons. The van der Waals surface area contributed by atoms with Gasteiger partial charge >= 0.3 is 5.97 Å². The summed E-state index contributed by atoms with van der Waals surface area (Å²) in [5.41, 5.74) is 0.405. The largest absolute Gasteiger partial charge is 0.478 e. The van der Waals surface area contributed by atoms with Gasteiger partial charge in [-0.2, -0.15) is 11.8 Å². The van der Waals surface area contributed by atoms with E-state index in [-0.39, 0.29) is 10.3 Å². The van der Waals surface area contributed by atoms with Crippen LogP contribution in [0.3, 0.4) is 0 Å². The summed E-state index contributed by atoms with van der Waals surface area (Å²) in [6.07, 6.45) is 1.99. The molecule has 0 amide bonds. The Morgan fingerprint density at radius 2 is 2.18 bits per heavy atom. The van der Waals surface area contributed by atoms with Crippen LogP contribution in [0.4, 0.5) is 10.1 Å². The van der Waals surface area contributed by atoms with Gasteiger partial charge < -0.3 is 10.4 Å². The van der Waals surface area contributed by atoms with E-state index in [4.69, 9.17) is 5.11 Å². The number of nitrogens with one attached hydrogen (secondary N) is 1. The summed E-state index contributed by atoms with van der Waals surface area (Å²) < 4.78 is 12.9. The van der Waals surface area contributed by atoms with Crippen molar-refractivity contribution in [2.24, 2.45) is 0 Å². The fraction of sp³-hybridized carbons (Fsp3) is 0.417. The highest BCUT2D eigenvalue weighted by molar-refractivity contribution is 7.99. The Balaban J connectivity index is 2.88. The Morgan fingerprint density at radius 3 is 2.71 bits per heavy atom. The molecule has 0 saturated heterocycles. The van der Waals surface area contributed by atoms with Gasteiger partial charge in [0.1, 0.15) is 5.82 Å². The quantitative estimate of drug-likeness (QED) is 0.851. The molecule has 0 aliphatic heterocycles. The smallest absolute Gasteiger partial charge is 0.337 e. The van der Waals surface area contributed by atoms with Crippen molar-refractivity contribution in [3.05, 3.63) is 29.6 Å². The summed E-state index contributed by atoms with van der Waals surface area (Å²) in [6, 6.07) is 3.73. The van der Waals surface area contributed by atoms with Gasteiger partial charge in [-0.05, 0) is 38.3 Å². The Hall–Kier alpha value is -1.23. The number of halogens is 1. The third kappa shape index (κ3) is 3.93. The maximum Gasteiger partial charge on any atom is 0.337 e. The lowest BCUT2D eigenvalue weighted by molar-refractivity contribution is 0.0697. The normalized spacial score (nSPS) is 11.3. The number of carbonyl (C=O) groups is 1. The van der Waals surface area contributed by atoms with Gasteiger partial charge in [-0.15, -0.1) is 0 Å². The molecule has 5 heteroatoms. The summed E-state index contributed by atoms with van der Waals surface area (Å²) >= 11 is 1.68. The summed E-state index contributed by atoms with van der Waals surface area (Å²) in [4.78, 5) is 11.0. The summed E-state index contributed by atoms with van der Waals surface area (Å²) in [7, 11) is 0. The van der Waals surface area contributed by atoms with Gasteiger partial charge in [0.2, 0.25) is 0 Å². The molecular weight excluding hydrogens is 241 g/mol. The molecule has 0 spiro atoms. The molecular formula is C12H16FNO2S. The second-order valence-corrected chi connectivity index (χ2v) is 5.83. The zero-order valence-corrected chi connectivity index (χ0v) is 10.9. The minimum absolute atomic E-state index is 0.00976. The molecule has 0 aliphatic carbocycles. The molecule has 0 saturated carbocycles. The number of benzene rings is 1. The first-order valence-electron chi connectivity index (χ1n) is 5.17. The van der Waals surface area contributed by atoms with Crippen LogP contribution in [0.2, 0.25) is 0 Å². The van der Waals surface area contributed by atoms with E-state index in [2.05, 4.69) is 19.2 Å². The number of carboxylic acids is 1. The summed E-state index contributed by atoms with van der Waals surface area (Å²) in [5.74, 6) is -1.67. The molecule has 1 aromatic carbocycles. The van der Waals surface area contributed by atoms with Crippen LogP contribution >= 0.6 is 11.8 Å². The lowest BCUT2D eigenvalue weighted by Gasteiger charge is -2.23. The van der Waals surface area contributed by atoms with Gasteiger partial charge in [-0.25, -0.2) is 9.18 Å². The fourth-order valence-corrected chi connectivity index (χ4v) is 1.44. The number of hydrogen-bond acceptors (Lipinski definition) is 3. The van der Waals surface area contributed by atoms with E-state index in [1.807, 2.05) is 6.26 Å². The number of rotatable bonds is 5. The van der Waals surface area contributed by atoms with Crippen molar-refractivity contribution in [1.29, 1.82) is 0 Å². The summed E-state index contributed by atoms with van der Waals surface area (Å²) in [5, 5.41) is 12.0. The van der Waals surface area contributed by atoms with Gasteiger partial charge in [0.05, 0.1) is 5.56 Å². The Morgan fingerprint density at radius 1 is 1.53 bits per heavy atom. The molecule has 17 heavy (non-hydrogen) atoms. The minimum atomic E-state index is -1.13. The van der Waals surface area contributed by atoms with Crippen LogP contribution in [0.25, 0.3) is 0 Å². The van der Waals surface area contributed by atoms with Crippen LogP contribution in [0.5, 0.6) is 0 Å². The maximum absolute atomic E-state index is 13.0. The van der Waals surface area contributed by atoms with E-state index in [0.29, 0.717) is 12.2 Å². The first-order chi connectivity index (χ1) is 7.85. The van der Waals surface area contributed by atoms with E-state index in [0.717, 1.165) is 6.07 Å². The monoisotopic (exact) mass is 257 g/mol. The first-order valence-corrected chi connectivity index (χ1v) is 6.40. The van der Waals surface area contributed by atoms with Crippen molar-refractivity contribution >= 4 is 23.4 Å². The molecule has 0 atom stereocenters. The summed E-state index contributed by atoms with van der Waals surface area (Å²) in [6.45, 7) is 4.71. The lowest BCUT2D eigenvalue weighted by atomic mass is 10.1. The van der Waals surface area contributed by atoms with Gasteiger partial charge in [0.15, 0.2) is 0 Å². The minimum Gasteiger partial charge on any atom is -0.478 e.